The molecule has 5 nitrogen and oxygen atoms in total. The van der Waals surface area contributed by atoms with Gasteiger partial charge < -0.3 is 4.74 Å². The summed E-state index contributed by atoms with van der Waals surface area (Å²) in [5.41, 5.74) is -0.197. The number of thioether (sulfide) groups is 1. The lowest BCUT2D eigenvalue weighted by Gasteiger charge is -2.03. The molecule has 0 aliphatic carbocycles. The predicted octanol–water partition coefficient (Wildman–Crippen LogP) is 2.24. The Balaban J connectivity index is 3.15. The third-order valence-corrected chi connectivity index (χ3v) is 2.34. The standard InChI is InChI=1S/C9H9NO4S/c1-6(11)14-9-4-3-7(15-2)5-8(9)10(12)13/h3-5H,1-2H3. The van der Waals surface area contributed by atoms with E-state index in [2.05, 4.69) is 0 Å². The van der Waals surface area contributed by atoms with Gasteiger partial charge in [-0.05, 0) is 18.4 Å². The minimum atomic E-state index is -0.574. The number of nitro benzene ring substituents is 1. The second-order valence-electron chi connectivity index (χ2n) is 2.68. The van der Waals surface area contributed by atoms with E-state index >= 15 is 0 Å². The number of nitrogens with zero attached hydrogens (tertiary/aromatic N) is 1. The quantitative estimate of drug-likeness (QED) is 0.260. The highest BCUT2D eigenvalue weighted by atomic mass is 32.2. The highest BCUT2D eigenvalue weighted by Gasteiger charge is 2.17. The van der Waals surface area contributed by atoms with E-state index in [1.165, 1.54) is 30.8 Å². The number of ether oxygens (including phenoxy) is 1. The summed E-state index contributed by atoms with van der Waals surface area (Å²) in [5, 5.41) is 10.7. The van der Waals surface area contributed by atoms with Crippen LogP contribution in [0.15, 0.2) is 23.1 Å². The monoisotopic (exact) mass is 227 g/mol. The Kier molecular flexibility index (Phi) is 3.68. The first-order valence-corrected chi connectivity index (χ1v) is 5.28. The lowest BCUT2D eigenvalue weighted by molar-refractivity contribution is -0.385. The van der Waals surface area contributed by atoms with Gasteiger partial charge in [0, 0.05) is 17.9 Å². The average molecular weight is 227 g/mol. The summed E-state index contributed by atoms with van der Waals surface area (Å²) in [6.07, 6.45) is 1.81. The van der Waals surface area contributed by atoms with Gasteiger partial charge in [0.1, 0.15) is 0 Å². The van der Waals surface area contributed by atoms with E-state index in [9.17, 15) is 14.9 Å². The molecule has 0 heterocycles. The van der Waals surface area contributed by atoms with Gasteiger partial charge in [-0.25, -0.2) is 0 Å². The van der Waals surface area contributed by atoms with Crippen LogP contribution >= 0.6 is 11.8 Å². The molecule has 0 aliphatic rings. The molecular formula is C9H9NO4S. The van der Waals surface area contributed by atoms with E-state index < -0.39 is 10.9 Å². The Bertz CT molecular complexity index is 405. The molecule has 0 spiro atoms. The lowest BCUT2D eigenvalue weighted by atomic mass is 10.3. The summed E-state index contributed by atoms with van der Waals surface area (Å²) in [5.74, 6) is -0.597. The van der Waals surface area contributed by atoms with Gasteiger partial charge in [0.15, 0.2) is 0 Å². The molecule has 0 unspecified atom stereocenters. The molecule has 0 amide bonds. The molecule has 0 radical (unpaired) electrons. The highest BCUT2D eigenvalue weighted by Crippen LogP contribution is 2.31. The first-order valence-electron chi connectivity index (χ1n) is 4.05. The van der Waals surface area contributed by atoms with Crippen LogP contribution in [0.5, 0.6) is 5.75 Å². The van der Waals surface area contributed by atoms with Crippen LogP contribution in [-0.2, 0) is 4.79 Å². The number of esters is 1. The Labute approximate surface area is 90.6 Å². The maximum Gasteiger partial charge on any atom is 0.312 e. The number of hydrogen-bond acceptors (Lipinski definition) is 5. The van der Waals surface area contributed by atoms with Crippen LogP contribution in [0.2, 0.25) is 0 Å². The van der Waals surface area contributed by atoms with Crippen LogP contribution in [0, 0.1) is 10.1 Å². The normalized spacial score (nSPS) is 9.73. The Morgan fingerprint density at radius 2 is 2.20 bits per heavy atom. The minimum Gasteiger partial charge on any atom is -0.419 e. The number of hydrogen-bond donors (Lipinski definition) is 0. The number of carbonyl (C=O) groups excluding carboxylic acids is 1. The van der Waals surface area contributed by atoms with E-state index in [0.29, 0.717) is 0 Å². The molecule has 0 aromatic heterocycles. The van der Waals surface area contributed by atoms with Crippen LogP contribution in [0.4, 0.5) is 5.69 Å². The van der Waals surface area contributed by atoms with Gasteiger partial charge >= 0.3 is 11.7 Å². The largest absolute Gasteiger partial charge is 0.419 e. The van der Waals surface area contributed by atoms with E-state index in [0.717, 1.165) is 4.90 Å². The zero-order valence-electron chi connectivity index (χ0n) is 8.22. The van der Waals surface area contributed by atoms with Crippen molar-refractivity contribution in [3.8, 4) is 5.75 Å². The summed E-state index contributed by atoms with van der Waals surface area (Å²) >= 11 is 1.38. The van der Waals surface area contributed by atoms with Gasteiger partial charge in [0.05, 0.1) is 4.92 Å². The predicted molar refractivity (Wildman–Crippen MR) is 56.2 cm³/mol. The van der Waals surface area contributed by atoms with Crippen molar-refractivity contribution >= 4 is 23.4 Å². The smallest absolute Gasteiger partial charge is 0.312 e. The maximum atomic E-state index is 10.7. The van der Waals surface area contributed by atoms with Gasteiger partial charge in [-0.15, -0.1) is 11.8 Å². The molecule has 15 heavy (non-hydrogen) atoms. The third-order valence-electron chi connectivity index (χ3n) is 1.62. The summed E-state index contributed by atoms with van der Waals surface area (Å²) < 4.78 is 4.72. The SMILES string of the molecule is CSc1ccc(OC(C)=O)c([N+](=O)[O-])c1. The molecule has 0 fully saturated rings. The molecule has 0 atom stereocenters. The Hall–Kier alpha value is -1.56. The molecule has 0 aliphatic heterocycles. The molecule has 1 aromatic carbocycles. The number of carbonyl (C=O) groups is 1. The zero-order chi connectivity index (χ0) is 11.4. The molecular weight excluding hydrogens is 218 g/mol. The minimum absolute atomic E-state index is 0.0229. The van der Waals surface area contributed by atoms with Crippen LogP contribution < -0.4 is 4.74 Å². The van der Waals surface area contributed by atoms with Crippen molar-refractivity contribution in [2.24, 2.45) is 0 Å². The van der Waals surface area contributed by atoms with Gasteiger partial charge in [0.25, 0.3) is 0 Å². The van der Waals surface area contributed by atoms with Crippen LogP contribution in [0.1, 0.15) is 6.92 Å². The van der Waals surface area contributed by atoms with Gasteiger partial charge in [-0.2, -0.15) is 0 Å². The Morgan fingerprint density at radius 1 is 1.53 bits per heavy atom. The number of rotatable bonds is 3. The van der Waals surface area contributed by atoms with Gasteiger partial charge in [-0.3, -0.25) is 14.9 Å². The molecule has 6 heteroatoms. The average Bonchev–Trinajstić information content (AvgIpc) is 2.17. The molecule has 80 valence electrons. The summed E-state index contributed by atoms with van der Waals surface area (Å²) in [6, 6.07) is 4.46. The van der Waals surface area contributed by atoms with Crippen LogP contribution in [0.25, 0.3) is 0 Å². The van der Waals surface area contributed by atoms with Crippen molar-refractivity contribution in [1.29, 1.82) is 0 Å². The summed E-state index contributed by atoms with van der Waals surface area (Å²) in [7, 11) is 0. The van der Waals surface area contributed by atoms with Gasteiger partial charge in [0.2, 0.25) is 5.75 Å². The van der Waals surface area contributed by atoms with E-state index in [4.69, 9.17) is 4.74 Å². The van der Waals surface area contributed by atoms with Crippen LogP contribution in [0.3, 0.4) is 0 Å². The Morgan fingerprint density at radius 3 is 2.67 bits per heavy atom. The van der Waals surface area contributed by atoms with Crippen LogP contribution in [-0.4, -0.2) is 17.1 Å². The molecule has 1 rings (SSSR count). The van der Waals surface area contributed by atoms with E-state index in [-0.39, 0.29) is 11.4 Å². The number of nitro groups is 1. The van der Waals surface area contributed by atoms with E-state index in [1.54, 1.807) is 6.07 Å². The fourth-order valence-electron chi connectivity index (χ4n) is 1.01. The van der Waals surface area contributed by atoms with Crippen molar-refractivity contribution in [3.05, 3.63) is 28.3 Å². The lowest BCUT2D eigenvalue weighted by Crippen LogP contribution is -2.04. The van der Waals surface area contributed by atoms with Gasteiger partial charge in [-0.1, -0.05) is 0 Å². The molecule has 0 bridgehead atoms. The first-order chi connectivity index (χ1) is 7.04. The van der Waals surface area contributed by atoms with Crippen molar-refractivity contribution in [3.63, 3.8) is 0 Å². The third kappa shape index (κ3) is 2.95. The molecule has 0 saturated carbocycles. The van der Waals surface area contributed by atoms with Crippen molar-refractivity contribution in [1.82, 2.24) is 0 Å². The topological polar surface area (TPSA) is 69.4 Å². The summed E-state index contributed by atoms with van der Waals surface area (Å²) in [4.78, 5) is 21.5. The second kappa shape index (κ2) is 4.79. The maximum absolute atomic E-state index is 10.7. The first kappa shape index (κ1) is 11.5. The fraction of sp³-hybridized carbons (Fsp3) is 0.222. The molecule has 0 N–H and O–H groups in total. The van der Waals surface area contributed by atoms with Crippen molar-refractivity contribution in [2.75, 3.05) is 6.26 Å². The van der Waals surface area contributed by atoms with E-state index in [1.807, 2.05) is 6.26 Å². The summed E-state index contributed by atoms with van der Waals surface area (Å²) in [6.45, 7) is 1.20. The number of benzene rings is 1. The second-order valence-corrected chi connectivity index (χ2v) is 3.56. The fourth-order valence-corrected chi connectivity index (χ4v) is 1.44. The molecule has 1 aromatic rings. The highest BCUT2D eigenvalue weighted by molar-refractivity contribution is 7.98. The van der Waals surface area contributed by atoms with Crippen molar-refractivity contribution in [2.45, 2.75) is 11.8 Å². The molecule has 0 saturated heterocycles. The van der Waals surface area contributed by atoms with Crippen molar-refractivity contribution < 1.29 is 14.5 Å². The zero-order valence-corrected chi connectivity index (χ0v) is 9.04.